The number of rotatable bonds is 6. The van der Waals surface area contributed by atoms with Crippen LogP contribution in [0.1, 0.15) is 30.9 Å². The third-order valence-corrected chi connectivity index (χ3v) is 4.44. The summed E-state index contributed by atoms with van der Waals surface area (Å²) in [7, 11) is 0. The second kappa shape index (κ2) is 8.18. The Kier molecular flexibility index (Phi) is 6.23. The van der Waals surface area contributed by atoms with Gasteiger partial charge in [-0.25, -0.2) is 0 Å². The smallest absolute Gasteiger partial charge is 0.0544 e. The molecule has 0 radical (unpaired) electrons. The molecule has 0 nitrogen and oxygen atoms in total. The summed E-state index contributed by atoms with van der Waals surface area (Å²) in [5.74, 6) is 0. The molecule has 0 spiro atoms. The Morgan fingerprint density at radius 1 is 1.05 bits per heavy atom. The molecule has 0 bridgehead atoms. The number of halogens is 1. The zero-order valence-corrected chi connectivity index (χ0v) is 13.3. The van der Waals surface area contributed by atoms with E-state index in [1.165, 1.54) is 23.3 Å². The summed E-state index contributed by atoms with van der Waals surface area (Å²) >= 11 is 8.00. The molecule has 0 aliphatic heterocycles. The fourth-order valence-corrected chi connectivity index (χ4v) is 2.85. The van der Waals surface area contributed by atoms with Gasteiger partial charge in [0.15, 0.2) is 0 Å². The number of aryl methyl sites for hydroxylation is 1. The average Bonchev–Trinajstić information content (AvgIpc) is 2.52. The topological polar surface area (TPSA) is 0 Å². The van der Waals surface area contributed by atoms with E-state index >= 15 is 0 Å². The third-order valence-electron chi connectivity index (χ3n) is 3.09. The van der Waals surface area contributed by atoms with E-state index in [2.05, 4.69) is 43.3 Å². The monoisotopic (exact) mass is 302 g/mol. The summed E-state index contributed by atoms with van der Waals surface area (Å²) in [4.78, 5) is 1.20. The van der Waals surface area contributed by atoms with Gasteiger partial charge in [0.2, 0.25) is 0 Å². The number of hydrogen-bond acceptors (Lipinski definition) is 1. The Balaban J connectivity index is 1.99. The van der Waals surface area contributed by atoms with E-state index in [1.807, 2.05) is 23.6 Å². The van der Waals surface area contributed by atoms with Crippen LogP contribution >= 0.6 is 23.4 Å². The molecule has 0 fully saturated rings. The fraction of sp³-hybridized carbons (Fsp3) is 0.222. The largest absolute Gasteiger partial charge is 0.0965 e. The first kappa shape index (κ1) is 15.2. The van der Waals surface area contributed by atoms with Crippen molar-refractivity contribution in [2.75, 3.05) is 0 Å². The van der Waals surface area contributed by atoms with Crippen LogP contribution in [-0.4, -0.2) is 0 Å². The van der Waals surface area contributed by atoms with Gasteiger partial charge in [0.1, 0.15) is 0 Å². The van der Waals surface area contributed by atoms with Gasteiger partial charge in [-0.05, 0) is 41.5 Å². The van der Waals surface area contributed by atoms with Crippen LogP contribution in [0.3, 0.4) is 0 Å². The van der Waals surface area contributed by atoms with E-state index in [1.54, 1.807) is 11.8 Å². The van der Waals surface area contributed by atoms with Crippen LogP contribution in [-0.2, 0) is 6.42 Å². The van der Waals surface area contributed by atoms with Gasteiger partial charge in [-0.1, -0.05) is 79.2 Å². The minimum Gasteiger partial charge on any atom is -0.0965 e. The normalized spacial score (nSPS) is 11.6. The van der Waals surface area contributed by atoms with Crippen molar-refractivity contribution in [1.29, 1.82) is 0 Å². The van der Waals surface area contributed by atoms with Crippen molar-refractivity contribution in [2.45, 2.75) is 31.1 Å². The lowest BCUT2D eigenvalue weighted by Gasteiger charge is -2.03. The lowest BCUT2D eigenvalue weighted by molar-refractivity contribution is 0.795. The van der Waals surface area contributed by atoms with Crippen molar-refractivity contribution >= 4 is 28.4 Å². The second-order valence-electron chi connectivity index (χ2n) is 4.70. The summed E-state index contributed by atoms with van der Waals surface area (Å²) in [6.45, 7) is 2.22. The quantitative estimate of drug-likeness (QED) is 0.559. The zero-order chi connectivity index (χ0) is 14.2. The van der Waals surface area contributed by atoms with E-state index in [0.717, 1.165) is 17.0 Å². The average molecular weight is 303 g/mol. The summed E-state index contributed by atoms with van der Waals surface area (Å²) in [6.07, 6.45) is 3.62. The first-order valence-corrected chi connectivity index (χ1v) is 8.22. The molecule has 0 unspecified atom stereocenters. The van der Waals surface area contributed by atoms with Gasteiger partial charge in [0, 0.05) is 4.90 Å². The van der Waals surface area contributed by atoms with E-state index in [-0.39, 0.29) is 0 Å². The van der Waals surface area contributed by atoms with Crippen molar-refractivity contribution < 1.29 is 0 Å². The lowest BCUT2D eigenvalue weighted by atomic mass is 10.1. The van der Waals surface area contributed by atoms with Gasteiger partial charge in [-0.2, -0.15) is 0 Å². The molecule has 2 rings (SSSR count). The molecule has 0 aliphatic rings. The Bertz CT molecular complexity index is 543. The predicted molar refractivity (Wildman–Crippen MR) is 91.2 cm³/mol. The Morgan fingerprint density at radius 3 is 2.40 bits per heavy atom. The van der Waals surface area contributed by atoms with Gasteiger partial charge in [0.25, 0.3) is 0 Å². The van der Waals surface area contributed by atoms with Crippen molar-refractivity contribution in [2.24, 2.45) is 0 Å². The highest BCUT2D eigenvalue weighted by Gasteiger charge is 1.99. The molecule has 0 aromatic heterocycles. The van der Waals surface area contributed by atoms with Crippen LogP contribution in [0.2, 0.25) is 0 Å². The Morgan fingerprint density at radius 2 is 1.75 bits per heavy atom. The number of hydrogen-bond donors (Lipinski definition) is 0. The maximum atomic E-state index is 6.35. The molecule has 0 heterocycles. The number of benzene rings is 2. The van der Waals surface area contributed by atoms with Crippen molar-refractivity contribution in [1.82, 2.24) is 0 Å². The molecule has 2 aromatic carbocycles. The molecule has 20 heavy (non-hydrogen) atoms. The first-order chi connectivity index (χ1) is 9.79. The highest BCUT2D eigenvalue weighted by Crippen LogP contribution is 2.27. The molecule has 104 valence electrons. The minimum atomic E-state index is 0.792. The highest BCUT2D eigenvalue weighted by molar-refractivity contribution is 8.02. The van der Waals surface area contributed by atoms with Gasteiger partial charge >= 0.3 is 0 Å². The Hall–Kier alpha value is -1.18. The summed E-state index contributed by atoms with van der Waals surface area (Å²) in [5, 5.41) is 2.79. The molecule has 0 atom stereocenters. The minimum absolute atomic E-state index is 0.792. The van der Waals surface area contributed by atoms with Crippen LogP contribution in [0.25, 0.3) is 5.03 Å². The molecular weight excluding hydrogens is 284 g/mol. The molecular formula is C18H19ClS. The molecule has 0 N–H and O–H groups in total. The number of unbranched alkanes of at least 4 members (excludes halogenated alkanes) is 1. The highest BCUT2D eigenvalue weighted by atomic mass is 35.5. The Labute approximate surface area is 130 Å². The standard InChI is InChI=1S/C18H19ClS/c1-2-3-7-15-10-12-16(13-11-15)18(19)14-20-17-8-5-4-6-9-17/h4-6,8-14H,2-3,7H2,1H3/b18-14+. The van der Waals surface area contributed by atoms with Crippen LogP contribution < -0.4 is 0 Å². The molecule has 0 saturated carbocycles. The van der Waals surface area contributed by atoms with Crippen molar-refractivity contribution in [3.05, 3.63) is 71.1 Å². The lowest BCUT2D eigenvalue weighted by Crippen LogP contribution is -1.85. The van der Waals surface area contributed by atoms with Gasteiger partial charge in [-0.15, -0.1) is 0 Å². The molecule has 2 aromatic rings. The maximum Gasteiger partial charge on any atom is 0.0544 e. The molecule has 0 amide bonds. The summed E-state index contributed by atoms with van der Waals surface area (Å²) in [5.41, 5.74) is 2.46. The van der Waals surface area contributed by atoms with Gasteiger partial charge in [0.05, 0.1) is 5.03 Å². The first-order valence-electron chi connectivity index (χ1n) is 6.96. The SMILES string of the molecule is CCCCc1ccc(/C(Cl)=C\Sc2ccccc2)cc1. The van der Waals surface area contributed by atoms with Crippen molar-refractivity contribution in [3.63, 3.8) is 0 Å². The zero-order valence-electron chi connectivity index (χ0n) is 11.7. The predicted octanol–water partition coefficient (Wildman–Crippen LogP) is 6.36. The molecule has 2 heteroatoms. The molecule has 0 saturated heterocycles. The molecule has 0 aliphatic carbocycles. The van der Waals surface area contributed by atoms with E-state index in [9.17, 15) is 0 Å². The van der Waals surface area contributed by atoms with Crippen LogP contribution in [0.4, 0.5) is 0 Å². The fourth-order valence-electron chi connectivity index (χ4n) is 1.90. The second-order valence-corrected chi connectivity index (χ2v) is 6.05. The van der Waals surface area contributed by atoms with E-state index < -0.39 is 0 Å². The van der Waals surface area contributed by atoms with Crippen molar-refractivity contribution in [3.8, 4) is 0 Å². The van der Waals surface area contributed by atoms with Gasteiger partial charge in [-0.3, -0.25) is 0 Å². The summed E-state index contributed by atoms with van der Waals surface area (Å²) in [6, 6.07) is 18.8. The maximum absolute atomic E-state index is 6.35. The third kappa shape index (κ3) is 4.73. The van der Waals surface area contributed by atoms with E-state index in [4.69, 9.17) is 11.6 Å². The van der Waals surface area contributed by atoms with Crippen LogP contribution in [0.5, 0.6) is 0 Å². The summed E-state index contributed by atoms with van der Waals surface area (Å²) < 4.78 is 0. The van der Waals surface area contributed by atoms with Gasteiger partial charge < -0.3 is 0 Å². The number of thioether (sulfide) groups is 1. The van der Waals surface area contributed by atoms with E-state index in [0.29, 0.717) is 0 Å². The van der Waals surface area contributed by atoms with Crippen LogP contribution in [0, 0.1) is 0 Å². The van der Waals surface area contributed by atoms with Crippen LogP contribution in [0.15, 0.2) is 64.9 Å².